The van der Waals surface area contributed by atoms with Crippen LogP contribution < -0.4 is 0 Å². The van der Waals surface area contributed by atoms with E-state index in [9.17, 15) is 0 Å². The Morgan fingerprint density at radius 2 is 1.30 bits per heavy atom. The Bertz CT molecular complexity index is 148. The Morgan fingerprint density at radius 3 is 1.40 bits per heavy atom. The molecule has 0 radical (unpaired) electrons. The van der Waals surface area contributed by atoms with Crippen molar-refractivity contribution in [3.8, 4) is 6.07 Å². The molecule has 0 N–H and O–H groups in total. The van der Waals surface area contributed by atoms with Crippen molar-refractivity contribution in [1.82, 2.24) is 0 Å². The Kier molecular flexibility index (Phi) is 17.6. The van der Waals surface area contributed by atoms with Crippen molar-refractivity contribution >= 4 is 0 Å². The number of hydrogen-bond acceptors (Lipinski definition) is 1. The first-order chi connectivity index (χ1) is 4.83. The third-order valence-corrected chi connectivity index (χ3v) is 0.475. The van der Waals surface area contributed by atoms with Gasteiger partial charge in [0.1, 0.15) is 0 Å². The molecule has 10 heavy (non-hydrogen) atoms. The molecule has 0 amide bonds. The zero-order chi connectivity index (χ0) is 8.24. The molecule has 52 valence electrons. The zero-order valence-corrected chi connectivity index (χ0v) is 5.96. The molecule has 0 saturated carbocycles. The fourth-order valence-corrected chi connectivity index (χ4v) is 0.157. The Hall–Kier alpha value is -1.55. The van der Waals surface area contributed by atoms with Gasteiger partial charge in [0.25, 0.3) is 0 Å². The van der Waals surface area contributed by atoms with E-state index in [-0.39, 0.29) is 0 Å². The van der Waals surface area contributed by atoms with Crippen LogP contribution in [0.2, 0.25) is 0 Å². The fourth-order valence-electron chi connectivity index (χ4n) is 0.157. The fraction of sp³-hybridized carbons (Fsp3) is 0. The Labute approximate surface area is 62.3 Å². The van der Waals surface area contributed by atoms with E-state index in [4.69, 9.17) is 5.26 Å². The Morgan fingerprint density at radius 1 is 1.00 bits per heavy atom. The zero-order valence-electron chi connectivity index (χ0n) is 5.96. The van der Waals surface area contributed by atoms with Crippen LogP contribution in [-0.2, 0) is 0 Å². The monoisotopic (exact) mass is 133 g/mol. The molecule has 1 nitrogen and oxygen atoms in total. The summed E-state index contributed by atoms with van der Waals surface area (Å²) in [6.07, 6.45) is 8.25. The molecule has 0 aliphatic heterocycles. The average Bonchev–Trinajstić information content (AvgIpc) is 2.01. The predicted molar refractivity (Wildman–Crippen MR) is 45.3 cm³/mol. The summed E-state index contributed by atoms with van der Waals surface area (Å²) in [6, 6.07) is 1.69. The molecule has 0 atom stereocenters. The van der Waals surface area contributed by atoms with Crippen LogP contribution in [-0.4, -0.2) is 0 Å². The smallest absolute Gasteiger partial charge is 0.0905 e. The van der Waals surface area contributed by atoms with E-state index in [0.717, 1.165) is 0 Å². The quantitative estimate of drug-likeness (QED) is 0.419. The minimum absolute atomic E-state index is 1.18. The van der Waals surface area contributed by atoms with E-state index in [0.29, 0.717) is 0 Å². The molecule has 0 bridgehead atoms. The molecule has 0 rings (SSSR count). The van der Waals surface area contributed by atoms with Crippen molar-refractivity contribution in [2.75, 3.05) is 0 Å². The van der Waals surface area contributed by atoms with Gasteiger partial charge in [0.2, 0.25) is 0 Å². The summed E-state index contributed by atoms with van der Waals surface area (Å²) in [5.74, 6) is 0. The molecule has 0 unspecified atom stereocenters. The van der Waals surface area contributed by atoms with Crippen molar-refractivity contribution < 1.29 is 0 Å². The number of rotatable bonds is 2. The lowest BCUT2D eigenvalue weighted by molar-refractivity contribution is 1.54. The maximum Gasteiger partial charge on any atom is 0.0905 e. The highest BCUT2D eigenvalue weighted by Gasteiger charge is 1.47. The molecule has 0 fully saturated rings. The van der Waals surface area contributed by atoms with E-state index >= 15 is 0 Å². The summed E-state index contributed by atoms with van der Waals surface area (Å²) in [5, 5.41) is 7.51. The van der Waals surface area contributed by atoms with Gasteiger partial charge in [0.15, 0.2) is 0 Å². The number of hydrogen-bond donors (Lipinski definition) is 0. The second-order valence-corrected chi connectivity index (χ2v) is 1.19. The molecule has 0 aromatic carbocycles. The van der Waals surface area contributed by atoms with Crippen LogP contribution in [0.5, 0.6) is 0 Å². The molecular formula is C9H11N. The van der Waals surface area contributed by atoms with Gasteiger partial charge in [-0.25, -0.2) is 0 Å². The normalized spacial score (nSPS) is 6.70. The standard InChI is InChI=1S/C6H8.C3H3N/c1-3-5-6-4-2;1-2-3-4/h3-6H,1-2H2;2H,1H2. The minimum Gasteiger partial charge on any atom is -0.193 e. The molecule has 0 saturated heterocycles. The van der Waals surface area contributed by atoms with Crippen LogP contribution in [0.3, 0.4) is 0 Å². The maximum absolute atomic E-state index is 7.51. The van der Waals surface area contributed by atoms with E-state index in [1.807, 2.05) is 12.2 Å². The summed E-state index contributed by atoms with van der Waals surface area (Å²) in [6.45, 7) is 10.0. The number of allylic oxidation sites excluding steroid dienone is 5. The Balaban J connectivity index is 0. The van der Waals surface area contributed by atoms with Crippen LogP contribution in [0.1, 0.15) is 0 Å². The number of nitrogens with zero attached hydrogens (tertiary/aromatic N) is 1. The van der Waals surface area contributed by atoms with Gasteiger partial charge in [-0.05, 0) is 0 Å². The van der Waals surface area contributed by atoms with Crippen molar-refractivity contribution in [2.24, 2.45) is 0 Å². The van der Waals surface area contributed by atoms with Gasteiger partial charge in [0.05, 0.1) is 6.07 Å². The maximum atomic E-state index is 7.51. The van der Waals surface area contributed by atoms with Gasteiger partial charge in [-0.3, -0.25) is 0 Å². The van der Waals surface area contributed by atoms with Crippen molar-refractivity contribution in [3.05, 3.63) is 50.1 Å². The van der Waals surface area contributed by atoms with Gasteiger partial charge in [-0.1, -0.05) is 44.0 Å². The second kappa shape index (κ2) is 15.7. The molecule has 0 aromatic rings. The van der Waals surface area contributed by atoms with Crippen molar-refractivity contribution in [2.45, 2.75) is 0 Å². The van der Waals surface area contributed by atoms with Crippen LogP contribution >= 0.6 is 0 Å². The third kappa shape index (κ3) is 31.9. The molecule has 1 heteroatoms. The molecule has 0 aliphatic rings. The number of nitriles is 1. The van der Waals surface area contributed by atoms with E-state index in [1.165, 1.54) is 6.08 Å². The lowest BCUT2D eigenvalue weighted by Crippen LogP contribution is -1.38. The van der Waals surface area contributed by atoms with Gasteiger partial charge < -0.3 is 0 Å². The van der Waals surface area contributed by atoms with Gasteiger partial charge in [-0.15, -0.1) is 0 Å². The summed E-state index contributed by atoms with van der Waals surface area (Å²) in [7, 11) is 0. The first-order valence-corrected chi connectivity index (χ1v) is 2.74. The summed E-state index contributed by atoms with van der Waals surface area (Å²) in [4.78, 5) is 0. The van der Waals surface area contributed by atoms with E-state index in [1.54, 1.807) is 18.2 Å². The van der Waals surface area contributed by atoms with Gasteiger partial charge in [-0.2, -0.15) is 5.26 Å². The highest BCUT2D eigenvalue weighted by molar-refractivity contribution is 5.05. The summed E-state index contributed by atoms with van der Waals surface area (Å²) >= 11 is 0. The summed E-state index contributed by atoms with van der Waals surface area (Å²) < 4.78 is 0. The SMILES string of the molecule is C=CC#N.C=CC=CC=C. The van der Waals surface area contributed by atoms with Crippen LogP contribution in [0, 0.1) is 11.3 Å². The summed E-state index contributed by atoms with van der Waals surface area (Å²) in [5.41, 5.74) is 0. The molecular weight excluding hydrogens is 122 g/mol. The first kappa shape index (κ1) is 11.3. The van der Waals surface area contributed by atoms with Gasteiger partial charge in [0, 0.05) is 6.08 Å². The molecule has 0 aliphatic carbocycles. The van der Waals surface area contributed by atoms with Crippen LogP contribution in [0.25, 0.3) is 0 Å². The largest absolute Gasteiger partial charge is 0.193 e. The third-order valence-electron chi connectivity index (χ3n) is 0.475. The van der Waals surface area contributed by atoms with Crippen molar-refractivity contribution in [3.63, 3.8) is 0 Å². The minimum atomic E-state index is 1.18. The average molecular weight is 133 g/mol. The van der Waals surface area contributed by atoms with E-state index in [2.05, 4.69) is 19.7 Å². The predicted octanol–water partition coefficient (Wildman–Crippen LogP) is 2.61. The molecule has 0 aromatic heterocycles. The molecule has 0 spiro atoms. The van der Waals surface area contributed by atoms with Crippen molar-refractivity contribution in [1.29, 1.82) is 5.26 Å². The highest BCUT2D eigenvalue weighted by atomic mass is 14.2. The first-order valence-electron chi connectivity index (χ1n) is 2.74. The van der Waals surface area contributed by atoms with E-state index < -0.39 is 0 Å². The van der Waals surface area contributed by atoms with Crippen LogP contribution in [0.15, 0.2) is 50.1 Å². The lowest BCUT2D eigenvalue weighted by Gasteiger charge is -1.60. The molecule has 0 heterocycles. The highest BCUT2D eigenvalue weighted by Crippen LogP contribution is 1.69. The lowest BCUT2D eigenvalue weighted by atomic mass is 10.5. The van der Waals surface area contributed by atoms with Crippen LogP contribution in [0.4, 0.5) is 0 Å². The second-order valence-electron chi connectivity index (χ2n) is 1.19. The van der Waals surface area contributed by atoms with Gasteiger partial charge >= 0.3 is 0 Å². The topological polar surface area (TPSA) is 23.8 Å².